The van der Waals surface area contributed by atoms with Crippen LogP contribution in [0.2, 0.25) is 0 Å². The van der Waals surface area contributed by atoms with Gasteiger partial charge in [-0.05, 0) is 30.4 Å². The highest BCUT2D eigenvalue weighted by Gasteiger charge is 2.22. The molecule has 0 radical (unpaired) electrons. The Hall–Kier alpha value is -0.860. The van der Waals surface area contributed by atoms with Crippen LogP contribution in [-0.2, 0) is 0 Å². The van der Waals surface area contributed by atoms with Gasteiger partial charge < -0.3 is 0 Å². The Morgan fingerprint density at radius 2 is 2.13 bits per heavy atom. The first-order chi connectivity index (χ1) is 7.31. The molecule has 0 heterocycles. The van der Waals surface area contributed by atoms with Crippen molar-refractivity contribution in [3.63, 3.8) is 0 Å². The second kappa shape index (κ2) is 4.77. The zero-order valence-corrected chi connectivity index (χ0v) is 9.37. The van der Waals surface area contributed by atoms with Crippen molar-refractivity contribution in [3.05, 3.63) is 35.4 Å². The minimum absolute atomic E-state index is 0.330. The molecule has 0 aromatic heterocycles. The van der Waals surface area contributed by atoms with E-state index in [1.807, 2.05) is 0 Å². The van der Waals surface area contributed by atoms with Gasteiger partial charge in [-0.3, -0.25) is 11.3 Å². The molecule has 1 aromatic carbocycles. The van der Waals surface area contributed by atoms with E-state index < -0.39 is 0 Å². The summed E-state index contributed by atoms with van der Waals surface area (Å²) in [6.07, 6.45) is 5.34. The molecular formula is C13H20N2. The Bertz CT molecular complexity index is 318. The Labute approximate surface area is 91.8 Å². The van der Waals surface area contributed by atoms with Crippen LogP contribution in [0, 0.1) is 12.8 Å². The van der Waals surface area contributed by atoms with E-state index in [9.17, 15) is 0 Å². The van der Waals surface area contributed by atoms with Crippen LogP contribution in [0.4, 0.5) is 0 Å². The van der Waals surface area contributed by atoms with Crippen molar-refractivity contribution in [2.45, 2.75) is 38.6 Å². The van der Waals surface area contributed by atoms with E-state index in [-0.39, 0.29) is 0 Å². The Balaban J connectivity index is 2.07. The molecular weight excluding hydrogens is 184 g/mol. The number of hydrogen-bond donors (Lipinski definition) is 2. The van der Waals surface area contributed by atoms with E-state index in [0.717, 1.165) is 5.92 Å². The number of rotatable bonds is 4. The summed E-state index contributed by atoms with van der Waals surface area (Å²) in [5.41, 5.74) is 5.65. The summed E-state index contributed by atoms with van der Waals surface area (Å²) < 4.78 is 0. The van der Waals surface area contributed by atoms with Crippen LogP contribution < -0.4 is 11.3 Å². The Kier molecular flexibility index (Phi) is 3.39. The maximum absolute atomic E-state index is 5.65. The highest BCUT2D eigenvalue weighted by Crippen LogP contribution is 2.35. The number of aryl methyl sites for hydroxylation is 1. The third-order valence-corrected chi connectivity index (χ3v) is 3.56. The van der Waals surface area contributed by atoms with E-state index >= 15 is 0 Å². The van der Waals surface area contributed by atoms with Crippen LogP contribution in [0.3, 0.4) is 0 Å². The van der Waals surface area contributed by atoms with Gasteiger partial charge in [0.05, 0.1) is 0 Å². The third-order valence-electron chi connectivity index (χ3n) is 3.56. The Morgan fingerprint density at radius 3 is 2.67 bits per heavy atom. The Morgan fingerprint density at radius 1 is 1.40 bits per heavy atom. The highest BCUT2D eigenvalue weighted by molar-refractivity contribution is 5.28. The summed E-state index contributed by atoms with van der Waals surface area (Å²) in [6.45, 7) is 2.15. The lowest BCUT2D eigenvalue weighted by molar-refractivity contribution is 0.261. The molecule has 2 rings (SSSR count). The van der Waals surface area contributed by atoms with Gasteiger partial charge in [0, 0.05) is 6.04 Å². The first kappa shape index (κ1) is 10.7. The molecule has 1 atom stereocenters. The lowest BCUT2D eigenvalue weighted by atomic mass is 9.79. The second-order valence-electron chi connectivity index (χ2n) is 4.61. The normalized spacial score (nSPS) is 18.5. The van der Waals surface area contributed by atoms with Gasteiger partial charge in [0.25, 0.3) is 0 Å². The summed E-state index contributed by atoms with van der Waals surface area (Å²) in [4.78, 5) is 0. The van der Waals surface area contributed by atoms with Crippen molar-refractivity contribution in [3.8, 4) is 0 Å². The molecule has 1 aromatic rings. The van der Waals surface area contributed by atoms with Gasteiger partial charge in [0.2, 0.25) is 0 Å². The largest absolute Gasteiger partial charge is 0.271 e. The van der Waals surface area contributed by atoms with Crippen molar-refractivity contribution in [2.75, 3.05) is 0 Å². The summed E-state index contributed by atoms with van der Waals surface area (Å²) in [6, 6.07) is 8.83. The molecule has 1 unspecified atom stereocenters. The molecule has 0 bridgehead atoms. The highest BCUT2D eigenvalue weighted by atomic mass is 15.2. The minimum atomic E-state index is 0.330. The molecule has 0 saturated heterocycles. The minimum Gasteiger partial charge on any atom is -0.271 e. The molecule has 0 spiro atoms. The van der Waals surface area contributed by atoms with Crippen LogP contribution in [0.5, 0.6) is 0 Å². The second-order valence-corrected chi connectivity index (χ2v) is 4.61. The molecule has 2 heteroatoms. The number of nitrogens with one attached hydrogen (secondary N) is 1. The molecule has 0 aliphatic heterocycles. The predicted molar refractivity (Wildman–Crippen MR) is 63.2 cm³/mol. The van der Waals surface area contributed by atoms with Gasteiger partial charge in [-0.25, -0.2) is 0 Å². The van der Waals surface area contributed by atoms with Crippen LogP contribution >= 0.6 is 0 Å². The lowest BCUT2D eigenvalue weighted by Gasteiger charge is -2.30. The van der Waals surface area contributed by atoms with E-state index in [1.54, 1.807) is 0 Å². The molecule has 1 fully saturated rings. The topological polar surface area (TPSA) is 38.0 Å². The lowest BCUT2D eigenvalue weighted by Crippen LogP contribution is -2.31. The van der Waals surface area contributed by atoms with Crippen LogP contribution in [-0.4, -0.2) is 0 Å². The molecule has 82 valence electrons. The fourth-order valence-electron chi connectivity index (χ4n) is 2.32. The van der Waals surface area contributed by atoms with Gasteiger partial charge in [-0.15, -0.1) is 0 Å². The molecule has 15 heavy (non-hydrogen) atoms. The number of nitrogens with two attached hydrogens (primary N) is 1. The van der Waals surface area contributed by atoms with Gasteiger partial charge in [0.1, 0.15) is 0 Å². The predicted octanol–water partition coefficient (Wildman–Crippen LogP) is 2.69. The third kappa shape index (κ3) is 2.39. The fourth-order valence-corrected chi connectivity index (χ4v) is 2.32. The first-order valence-electron chi connectivity index (χ1n) is 5.83. The summed E-state index contributed by atoms with van der Waals surface area (Å²) in [5.74, 6) is 6.53. The number of hydrogen-bond acceptors (Lipinski definition) is 2. The van der Waals surface area contributed by atoms with Crippen molar-refractivity contribution < 1.29 is 0 Å². The maximum Gasteiger partial charge on any atom is 0.0465 e. The van der Waals surface area contributed by atoms with Crippen LogP contribution in [0.1, 0.15) is 42.9 Å². The summed E-state index contributed by atoms with van der Waals surface area (Å²) >= 11 is 0. The van der Waals surface area contributed by atoms with Gasteiger partial charge in [-0.2, -0.15) is 0 Å². The fraction of sp³-hybridized carbons (Fsp3) is 0.538. The average molecular weight is 204 g/mol. The van der Waals surface area contributed by atoms with Crippen molar-refractivity contribution >= 4 is 0 Å². The monoisotopic (exact) mass is 204 g/mol. The van der Waals surface area contributed by atoms with E-state index in [1.165, 1.54) is 36.8 Å². The smallest absolute Gasteiger partial charge is 0.0465 e. The standard InChI is InChI=1S/C13H20N2/c1-10-5-2-3-8-12(10)13(15-14)9-11-6-4-7-11/h2-3,5,8,11,13,15H,4,6-7,9,14H2,1H3. The number of benzene rings is 1. The zero-order chi connectivity index (χ0) is 10.7. The maximum atomic E-state index is 5.65. The van der Waals surface area contributed by atoms with Crippen LogP contribution in [0.25, 0.3) is 0 Å². The SMILES string of the molecule is Cc1ccccc1C(CC1CCC1)NN. The number of hydrazine groups is 1. The molecule has 2 nitrogen and oxygen atoms in total. The van der Waals surface area contributed by atoms with E-state index in [2.05, 4.69) is 36.6 Å². The summed E-state index contributed by atoms with van der Waals surface area (Å²) in [7, 11) is 0. The molecule has 1 aliphatic carbocycles. The molecule has 1 aliphatic rings. The zero-order valence-electron chi connectivity index (χ0n) is 9.37. The quantitative estimate of drug-likeness (QED) is 0.584. The van der Waals surface area contributed by atoms with Crippen LogP contribution in [0.15, 0.2) is 24.3 Å². The first-order valence-corrected chi connectivity index (χ1v) is 5.83. The summed E-state index contributed by atoms with van der Waals surface area (Å²) in [5, 5.41) is 0. The van der Waals surface area contributed by atoms with Gasteiger partial charge in [-0.1, -0.05) is 43.5 Å². The van der Waals surface area contributed by atoms with E-state index in [0.29, 0.717) is 6.04 Å². The molecule has 1 saturated carbocycles. The van der Waals surface area contributed by atoms with Crippen molar-refractivity contribution in [2.24, 2.45) is 11.8 Å². The molecule has 0 amide bonds. The van der Waals surface area contributed by atoms with Gasteiger partial charge >= 0.3 is 0 Å². The molecule has 3 N–H and O–H groups in total. The van der Waals surface area contributed by atoms with Crippen molar-refractivity contribution in [1.29, 1.82) is 0 Å². The van der Waals surface area contributed by atoms with E-state index in [4.69, 9.17) is 5.84 Å². The van der Waals surface area contributed by atoms with Gasteiger partial charge in [0.15, 0.2) is 0 Å². The average Bonchev–Trinajstić information content (AvgIpc) is 2.19. The van der Waals surface area contributed by atoms with Crippen molar-refractivity contribution in [1.82, 2.24) is 5.43 Å².